The summed E-state index contributed by atoms with van der Waals surface area (Å²) in [6.07, 6.45) is 4.80. The van der Waals surface area contributed by atoms with E-state index in [0.29, 0.717) is 13.0 Å². The number of aromatic nitrogens is 1. The molecule has 0 bridgehead atoms. The maximum atomic E-state index is 14.4. The maximum Gasteiger partial charge on any atom is 0.228 e. The quantitative estimate of drug-likeness (QED) is 0.882. The first-order valence-corrected chi connectivity index (χ1v) is 9.51. The second kappa shape index (κ2) is 6.54. The first kappa shape index (κ1) is 17.3. The molecule has 2 N–H and O–H groups in total. The minimum absolute atomic E-state index is 0.0852. The van der Waals surface area contributed by atoms with Gasteiger partial charge in [0.15, 0.2) is 5.95 Å². The summed E-state index contributed by atoms with van der Waals surface area (Å²) in [6, 6.07) is 6.22. The summed E-state index contributed by atoms with van der Waals surface area (Å²) < 4.78 is 14.4. The smallest absolute Gasteiger partial charge is 0.228 e. The first-order valence-electron chi connectivity index (χ1n) is 9.51. The standard InChI is InChI=1S/C21H26FN3O/c1-4-6-12(2)23-21(26)13-9-15-14-7-5-8-17-19(14)16(20(22)24-17)10-18(15)25(3)11-13/h5,7-9,12-13,18,24H,4,6,10-11H2,1-3H3,(H,23,26)/t12-,13-,18-/m1/s1. The number of hydrogen-bond donors (Lipinski definition) is 2. The summed E-state index contributed by atoms with van der Waals surface area (Å²) in [5.41, 5.74) is 3.81. The lowest BCUT2D eigenvalue weighted by atomic mass is 9.79. The third-order valence-corrected chi connectivity index (χ3v) is 5.79. The second-order valence-electron chi connectivity index (χ2n) is 7.73. The average molecular weight is 355 g/mol. The predicted molar refractivity (Wildman–Crippen MR) is 102 cm³/mol. The van der Waals surface area contributed by atoms with Gasteiger partial charge in [0.25, 0.3) is 0 Å². The molecule has 4 rings (SSSR count). The number of aromatic amines is 1. The van der Waals surface area contributed by atoms with E-state index in [2.05, 4.69) is 35.1 Å². The van der Waals surface area contributed by atoms with Crippen molar-refractivity contribution in [3.63, 3.8) is 0 Å². The number of rotatable bonds is 4. The van der Waals surface area contributed by atoms with Crippen LogP contribution in [-0.2, 0) is 11.2 Å². The zero-order valence-electron chi connectivity index (χ0n) is 15.6. The highest BCUT2D eigenvalue weighted by molar-refractivity contribution is 5.99. The average Bonchev–Trinajstić information content (AvgIpc) is 2.93. The molecule has 0 saturated heterocycles. The lowest BCUT2D eigenvalue weighted by Gasteiger charge is -2.39. The predicted octanol–water partition coefficient (Wildman–Crippen LogP) is 3.48. The van der Waals surface area contributed by atoms with Gasteiger partial charge in [-0.25, -0.2) is 0 Å². The molecule has 2 aromatic rings. The monoisotopic (exact) mass is 355 g/mol. The molecule has 1 aliphatic carbocycles. The van der Waals surface area contributed by atoms with Gasteiger partial charge in [0.2, 0.25) is 5.91 Å². The van der Waals surface area contributed by atoms with Gasteiger partial charge in [0, 0.05) is 35.1 Å². The molecule has 0 unspecified atom stereocenters. The van der Waals surface area contributed by atoms with Crippen LogP contribution in [0.4, 0.5) is 4.39 Å². The molecule has 5 heteroatoms. The number of H-pyrrole nitrogens is 1. The Balaban J connectivity index is 1.72. The van der Waals surface area contributed by atoms with E-state index in [-0.39, 0.29) is 29.9 Å². The summed E-state index contributed by atoms with van der Waals surface area (Å²) in [4.78, 5) is 17.8. The highest BCUT2D eigenvalue weighted by atomic mass is 19.1. The summed E-state index contributed by atoms with van der Waals surface area (Å²) in [5, 5.41) is 4.11. The second-order valence-corrected chi connectivity index (χ2v) is 7.73. The number of amides is 1. The Kier molecular flexibility index (Phi) is 4.35. The Bertz CT molecular complexity index is 885. The summed E-state index contributed by atoms with van der Waals surface area (Å²) in [5.74, 6) is -0.318. The number of nitrogens with one attached hydrogen (secondary N) is 2. The maximum absolute atomic E-state index is 14.4. The number of nitrogens with zero attached hydrogens (tertiary/aromatic N) is 1. The number of carbonyl (C=O) groups excluding carboxylic acids is 1. The normalized spacial score (nSPS) is 23.5. The van der Waals surface area contributed by atoms with Gasteiger partial charge < -0.3 is 10.3 Å². The highest BCUT2D eigenvalue weighted by Gasteiger charge is 2.36. The van der Waals surface area contributed by atoms with Crippen LogP contribution in [0.25, 0.3) is 16.5 Å². The molecule has 3 atom stereocenters. The van der Waals surface area contributed by atoms with Crippen LogP contribution in [0.15, 0.2) is 24.3 Å². The lowest BCUT2D eigenvalue weighted by molar-refractivity contribution is -0.124. The van der Waals surface area contributed by atoms with Crippen molar-refractivity contribution in [3.8, 4) is 0 Å². The van der Waals surface area contributed by atoms with Crippen LogP contribution in [0.1, 0.15) is 37.8 Å². The molecule has 138 valence electrons. The van der Waals surface area contributed by atoms with Gasteiger partial charge in [0.1, 0.15) is 0 Å². The topological polar surface area (TPSA) is 48.1 Å². The Morgan fingerprint density at radius 2 is 2.27 bits per heavy atom. The van der Waals surface area contributed by atoms with Crippen molar-refractivity contribution in [2.75, 3.05) is 13.6 Å². The molecule has 1 aromatic carbocycles. The van der Waals surface area contributed by atoms with Crippen LogP contribution in [-0.4, -0.2) is 41.5 Å². The van der Waals surface area contributed by atoms with E-state index in [4.69, 9.17) is 0 Å². The summed E-state index contributed by atoms with van der Waals surface area (Å²) in [6.45, 7) is 4.84. The summed E-state index contributed by atoms with van der Waals surface area (Å²) >= 11 is 0. The van der Waals surface area contributed by atoms with Crippen molar-refractivity contribution in [3.05, 3.63) is 41.3 Å². The third kappa shape index (κ3) is 2.75. The molecule has 1 aliphatic heterocycles. The minimum atomic E-state index is -0.229. The molecule has 0 radical (unpaired) electrons. The fourth-order valence-corrected chi connectivity index (χ4v) is 4.51. The van der Waals surface area contributed by atoms with Gasteiger partial charge in [0.05, 0.1) is 5.92 Å². The van der Waals surface area contributed by atoms with E-state index in [1.54, 1.807) is 0 Å². The van der Waals surface area contributed by atoms with Crippen molar-refractivity contribution in [1.29, 1.82) is 0 Å². The van der Waals surface area contributed by atoms with Crippen LogP contribution >= 0.6 is 0 Å². The molecule has 2 heterocycles. The zero-order chi connectivity index (χ0) is 18.4. The molecule has 1 amide bonds. The molecule has 0 saturated carbocycles. The number of carbonyl (C=O) groups is 1. The Morgan fingerprint density at radius 1 is 1.46 bits per heavy atom. The highest BCUT2D eigenvalue weighted by Crippen LogP contribution is 2.41. The molecule has 0 fully saturated rings. The van der Waals surface area contributed by atoms with Crippen molar-refractivity contribution >= 4 is 22.4 Å². The van der Waals surface area contributed by atoms with E-state index >= 15 is 0 Å². The lowest BCUT2D eigenvalue weighted by Crippen LogP contribution is -2.48. The van der Waals surface area contributed by atoms with Crippen molar-refractivity contribution in [1.82, 2.24) is 15.2 Å². The molecule has 4 nitrogen and oxygen atoms in total. The van der Waals surface area contributed by atoms with Gasteiger partial charge in [-0.05, 0) is 44.0 Å². The Hall–Kier alpha value is -2.14. The van der Waals surface area contributed by atoms with E-state index in [0.717, 1.165) is 40.4 Å². The van der Waals surface area contributed by atoms with Crippen LogP contribution in [0.2, 0.25) is 0 Å². The van der Waals surface area contributed by atoms with E-state index in [9.17, 15) is 9.18 Å². The van der Waals surface area contributed by atoms with Crippen LogP contribution in [0.3, 0.4) is 0 Å². The van der Waals surface area contributed by atoms with Crippen molar-refractivity contribution in [2.45, 2.75) is 45.2 Å². The van der Waals surface area contributed by atoms with Crippen molar-refractivity contribution in [2.24, 2.45) is 5.92 Å². The molecular formula is C21H26FN3O. The third-order valence-electron chi connectivity index (χ3n) is 5.79. The van der Waals surface area contributed by atoms with Gasteiger partial charge in [-0.1, -0.05) is 31.6 Å². The fraction of sp³-hybridized carbons (Fsp3) is 0.476. The summed E-state index contributed by atoms with van der Waals surface area (Å²) in [7, 11) is 2.03. The number of likely N-dealkylation sites (N-methyl/N-ethyl adjacent to an activating group) is 1. The van der Waals surface area contributed by atoms with Gasteiger partial charge in [-0.2, -0.15) is 4.39 Å². The van der Waals surface area contributed by atoms with Gasteiger partial charge in [-0.15, -0.1) is 0 Å². The number of fused-ring (bicyclic) bond motifs is 2. The Labute approximate surface area is 153 Å². The van der Waals surface area contributed by atoms with E-state index < -0.39 is 0 Å². The van der Waals surface area contributed by atoms with Crippen LogP contribution in [0.5, 0.6) is 0 Å². The number of halogens is 1. The molecule has 0 spiro atoms. The molecular weight excluding hydrogens is 329 g/mol. The SMILES string of the molecule is CCC[C@@H](C)NC(=O)[C@@H]1C=C2c3cccc4[nH]c(F)c(c34)C[C@H]2N(C)C1. The minimum Gasteiger partial charge on any atom is -0.353 e. The van der Waals surface area contributed by atoms with E-state index in [1.807, 2.05) is 25.2 Å². The zero-order valence-corrected chi connectivity index (χ0v) is 15.6. The largest absolute Gasteiger partial charge is 0.353 e. The first-order chi connectivity index (χ1) is 12.5. The molecule has 2 aliphatic rings. The van der Waals surface area contributed by atoms with Gasteiger partial charge >= 0.3 is 0 Å². The van der Waals surface area contributed by atoms with Crippen molar-refractivity contribution < 1.29 is 9.18 Å². The van der Waals surface area contributed by atoms with Crippen LogP contribution < -0.4 is 5.32 Å². The number of benzene rings is 1. The van der Waals surface area contributed by atoms with Gasteiger partial charge in [-0.3, -0.25) is 9.69 Å². The number of hydrogen-bond acceptors (Lipinski definition) is 2. The molecule has 1 aromatic heterocycles. The van der Waals surface area contributed by atoms with Crippen LogP contribution in [0, 0.1) is 11.9 Å². The Morgan fingerprint density at radius 3 is 3.04 bits per heavy atom. The molecule has 26 heavy (non-hydrogen) atoms. The van der Waals surface area contributed by atoms with E-state index in [1.165, 1.54) is 0 Å². The fourth-order valence-electron chi connectivity index (χ4n) is 4.51.